The molecule has 0 saturated carbocycles. The second kappa shape index (κ2) is 4.88. The molecule has 1 aromatic rings. The van der Waals surface area contributed by atoms with Gasteiger partial charge in [-0.05, 0) is 30.5 Å². The van der Waals surface area contributed by atoms with Crippen LogP contribution in [0.25, 0.3) is 0 Å². The van der Waals surface area contributed by atoms with E-state index in [2.05, 4.69) is 11.8 Å². The van der Waals surface area contributed by atoms with Crippen LogP contribution in [0.4, 0.5) is 11.4 Å². The van der Waals surface area contributed by atoms with E-state index in [1.54, 1.807) is 25.1 Å². The average molecular weight is 247 g/mol. The molecule has 1 unspecified atom stereocenters. The summed E-state index contributed by atoms with van der Waals surface area (Å²) in [7, 11) is 3.49. The molecule has 1 fully saturated rings. The Labute approximate surface area is 108 Å². The van der Waals surface area contributed by atoms with E-state index >= 15 is 0 Å². The van der Waals surface area contributed by atoms with Gasteiger partial charge in [-0.1, -0.05) is 6.92 Å². The van der Waals surface area contributed by atoms with Gasteiger partial charge in [-0.3, -0.25) is 4.79 Å². The van der Waals surface area contributed by atoms with Crippen LogP contribution in [0.1, 0.15) is 23.7 Å². The fourth-order valence-corrected chi connectivity index (χ4v) is 2.39. The second-order valence-electron chi connectivity index (χ2n) is 5.31. The van der Waals surface area contributed by atoms with Gasteiger partial charge in [0.15, 0.2) is 0 Å². The zero-order chi connectivity index (χ0) is 13.3. The lowest BCUT2D eigenvalue weighted by molar-refractivity contribution is 0.0827. The third kappa shape index (κ3) is 2.42. The molecule has 0 spiro atoms. The molecule has 1 aliphatic rings. The molecule has 4 nitrogen and oxygen atoms in total. The van der Waals surface area contributed by atoms with E-state index in [9.17, 15) is 4.79 Å². The number of amides is 1. The maximum Gasteiger partial charge on any atom is 0.253 e. The first kappa shape index (κ1) is 12.7. The van der Waals surface area contributed by atoms with Gasteiger partial charge >= 0.3 is 0 Å². The van der Waals surface area contributed by atoms with Crippen LogP contribution < -0.4 is 10.6 Å². The lowest BCUT2D eigenvalue weighted by Crippen LogP contribution is -2.23. The van der Waals surface area contributed by atoms with E-state index in [1.165, 1.54) is 6.42 Å². The topological polar surface area (TPSA) is 49.6 Å². The van der Waals surface area contributed by atoms with Crippen molar-refractivity contribution in [1.82, 2.24) is 4.90 Å². The SMILES string of the molecule is CC1CCN(c2ccc(C(=O)N(C)C)cc2N)C1. The molecule has 1 aliphatic heterocycles. The van der Waals surface area contributed by atoms with Crippen molar-refractivity contribution in [2.75, 3.05) is 37.8 Å². The van der Waals surface area contributed by atoms with E-state index in [0.717, 1.165) is 18.8 Å². The first-order valence-corrected chi connectivity index (χ1v) is 6.35. The van der Waals surface area contributed by atoms with Crippen LogP contribution in [-0.4, -0.2) is 38.0 Å². The first-order chi connectivity index (χ1) is 8.49. The lowest BCUT2D eigenvalue weighted by atomic mass is 10.1. The zero-order valence-corrected chi connectivity index (χ0v) is 11.3. The van der Waals surface area contributed by atoms with Gasteiger partial charge in [-0.15, -0.1) is 0 Å². The third-order valence-corrected chi connectivity index (χ3v) is 3.45. The molecule has 4 heteroatoms. The molecule has 1 saturated heterocycles. The van der Waals surface area contributed by atoms with Crippen molar-refractivity contribution in [3.63, 3.8) is 0 Å². The smallest absolute Gasteiger partial charge is 0.253 e. The molecule has 98 valence electrons. The Kier molecular flexibility index (Phi) is 3.45. The summed E-state index contributed by atoms with van der Waals surface area (Å²) in [5, 5.41) is 0. The predicted octanol–water partition coefficient (Wildman–Crippen LogP) is 1.82. The monoisotopic (exact) mass is 247 g/mol. The fraction of sp³-hybridized carbons (Fsp3) is 0.500. The third-order valence-electron chi connectivity index (χ3n) is 3.45. The molecule has 1 aromatic carbocycles. The maximum atomic E-state index is 11.8. The lowest BCUT2D eigenvalue weighted by Gasteiger charge is -2.21. The summed E-state index contributed by atoms with van der Waals surface area (Å²) < 4.78 is 0. The number of carbonyl (C=O) groups is 1. The molecule has 2 N–H and O–H groups in total. The minimum absolute atomic E-state index is 0.0111. The van der Waals surface area contributed by atoms with Crippen molar-refractivity contribution < 1.29 is 4.79 Å². The van der Waals surface area contributed by atoms with Crippen molar-refractivity contribution in [3.05, 3.63) is 23.8 Å². The highest BCUT2D eigenvalue weighted by molar-refractivity contribution is 5.95. The van der Waals surface area contributed by atoms with E-state index in [1.807, 2.05) is 12.1 Å². The van der Waals surface area contributed by atoms with E-state index in [4.69, 9.17) is 5.73 Å². The zero-order valence-electron chi connectivity index (χ0n) is 11.3. The number of hydrogen-bond donors (Lipinski definition) is 1. The van der Waals surface area contributed by atoms with E-state index in [0.29, 0.717) is 17.2 Å². The highest BCUT2D eigenvalue weighted by Crippen LogP contribution is 2.29. The molecule has 18 heavy (non-hydrogen) atoms. The predicted molar refractivity (Wildman–Crippen MR) is 74.9 cm³/mol. The Morgan fingerprint density at radius 3 is 2.67 bits per heavy atom. The molecule has 1 heterocycles. The molecule has 1 amide bonds. The quantitative estimate of drug-likeness (QED) is 0.811. The van der Waals surface area contributed by atoms with Crippen LogP contribution in [0.5, 0.6) is 0 Å². The van der Waals surface area contributed by atoms with Crippen LogP contribution in [0, 0.1) is 5.92 Å². The maximum absolute atomic E-state index is 11.8. The molecule has 0 bridgehead atoms. The number of hydrogen-bond acceptors (Lipinski definition) is 3. The van der Waals surface area contributed by atoms with Crippen molar-refractivity contribution in [2.45, 2.75) is 13.3 Å². The van der Waals surface area contributed by atoms with Crippen molar-refractivity contribution in [3.8, 4) is 0 Å². The van der Waals surface area contributed by atoms with Crippen LogP contribution in [-0.2, 0) is 0 Å². The highest BCUT2D eigenvalue weighted by atomic mass is 16.2. The largest absolute Gasteiger partial charge is 0.397 e. The Morgan fingerprint density at radius 2 is 2.17 bits per heavy atom. The van der Waals surface area contributed by atoms with E-state index in [-0.39, 0.29) is 5.91 Å². The molecular formula is C14H21N3O. The van der Waals surface area contributed by atoms with Crippen molar-refractivity contribution in [1.29, 1.82) is 0 Å². The fourth-order valence-electron chi connectivity index (χ4n) is 2.39. The number of nitrogen functional groups attached to an aromatic ring is 1. The summed E-state index contributed by atoms with van der Waals surface area (Å²) in [5.41, 5.74) is 8.46. The number of nitrogens with zero attached hydrogens (tertiary/aromatic N) is 2. The molecule has 1 atom stereocenters. The Bertz CT molecular complexity index is 456. The summed E-state index contributed by atoms with van der Waals surface area (Å²) in [6.07, 6.45) is 1.21. The minimum atomic E-state index is -0.0111. The van der Waals surface area contributed by atoms with Crippen molar-refractivity contribution >= 4 is 17.3 Å². The number of benzene rings is 1. The summed E-state index contributed by atoms with van der Waals surface area (Å²) in [6.45, 7) is 4.34. The number of carbonyl (C=O) groups excluding carboxylic acids is 1. The Hall–Kier alpha value is -1.71. The Balaban J connectivity index is 2.23. The average Bonchev–Trinajstić information content (AvgIpc) is 2.74. The number of anilines is 2. The summed E-state index contributed by atoms with van der Waals surface area (Å²) in [5.74, 6) is 0.704. The first-order valence-electron chi connectivity index (χ1n) is 6.35. The summed E-state index contributed by atoms with van der Waals surface area (Å²) in [6, 6.07) is 5.60. The van der Waals surface area contributed by atoms with Crippen LogP contribution in [0.2, 0.25) is 0 Å². The Morgan fingerprint density at radius 1 is 1.44 bits per heavy atom. The van der Waals surface area contributed by atoms with Crippen molar-refractivity contribution in [2.24, 2.45) is 5.92 Å². The minimum Gasteiger partial charge on any atom is -0.397 e. The van der Waals surface area contributed by atoms with Gasteiger partial charge in [0, 0.05) is 32.7 Å². The van der Waals surface area contributed by atoms with Gasteiger partial charge in [0.05, 0.1) is 11.4 Å². The van der Waals surface area contributed by atoms with Gasteiger partial charge in [0.2, 0.25) is 0 Å². The van der Waals surface area contributed by atoms with Crippen LogP contribution in [0.3, 0.4) is 0 Å². The number of rotatable bonds is 2. The molecule has 0 aliphatic carbocycles. The van der Waals surface area contributed by atoms with Gasteiger partial charge < -0.3 is 15.5 Å². The normalized spacial score (nSPS) is 19.1. The molecule has 2 rings (SSSR count). The van der Waals surface area contributed by atoms with Gasteiger partial charge in [-0.25, -0.2) is 0 Å². The standard InChI is InChI=1S/C14H21N3O/c1-10-6-7-17(9-10)13-5-4-11(8-12(13)15)14(18)16(2)3/h4-5,8,10H,6-7,9,15H2,1-3H3. The second-order valence-corrected chi connectivity index (χ2v) is 5.31. The summed E-state index contributed by atoms with van der Waals surface area (Å²) >= 11 is 0. The van der Waals surface area contributed by atoms with Gasteiger partial charge in [0.25, 0.3) is 5.91 Å². The van der Waals surface area contributed by atoms with Gasteiger partial charge in [-0.2, -0.15) is 0 Å². The van der Waals surface area contributed by atoms with Gasteiger partial charge in [0.1, 0.15) is 0 Å². The molecular weight excluding hydrogens is 226 g/mol. The summed E-state index contributed by atoms with van der Waals surface area (Å²) in [4.78, 5) is 15.7. The molecule has 0 aromatic heterocycles. The molecule has 0 radical (unpaired) electrons. The van der Waals surface area contributed by atoms with Crippen LogP contribution in [0.15, 0.2) is 18.2 Å². The van der Waals surface area contributed by atoms with E-state index < -0.39 is 0 Å². The number of nitrogens with two attached hydrogens (primary N) is 1. The van der Waals surface area contributed by atoms with Crippen LogP contribution >= 0.6 is 0 Å². The highest BCUT2D eigenvalue weighted by Gasteiger charge is 2.21.